The Balaban J connectivity index is 2.11. The van der Waals surface area contributed by atoms with E-state index in [1.807, 2.05) is 6.08 Å². The van der Waals surface area contributed by atoms with Crippen LogP contribution in [0.3, 0.4) is 0 Å². The Labute approximate surface area is 98.3 Å². The topological polar surface area (TPSA) is 18.5 Å². The molecule has 0 bridgehead atoms. The molecule has 0 N–H and O–H groups in total. The quantitative estimate of drug-likeness (QED) is 0.677. The van der Waals surface area contributed by atoms with Gasteiger partial charge in [-0.05, 0) is 31.8 Å². The van der Waals surface area contributed by atoms with Crippen molar-refractivity contribution in [2.45, 2.75) is 50.5 Å². The fourth-order valence-corrected chi connectivity index (χ4v) is 2.68. The molecule has 0 aromatic rings. The summed E-state index contributed by atoms with van der Waals surface area (Å²) in [6, 6.07) is 0. The lowest BCUT2D eigenvalue weighted by Gasteiger charge is -2.39. The summed E-state index contributed by atoms with van der Waals surface area (Å²) in [4.78, 5) is 0. The van der Waals surface area contributed by atoms with Crippen LogP contribution in [0.2, 0.25) is 0 Å². The van der Waals surface area contributed by atoms with Crippen LogP contribution in [0.1, 0.15) is 44.9 Å². The van der Waals surface area contributed by atoms with E-state index in [0.717, 1.165) is 38.0 Å². The molecule has 1 fully saturated rings. The van der Waals surface area contributed by atoms with E-state index in [4.69, 9.17) is 9.47 Å². The van der Waals surface area contributed by atoms with Crippen LogP contribution in [0.25, 0.3) is 0 Å². The second-order valence-electron chi connectivity index (χ2n) is 4.71. The smallest absolute Gasteiger partial charge is 0.125 e. The highest BCUT2D eigenvalue weighted by molar-refractivity contribution is 5.14. The first-order valence-corrected chi connectivity index (χ1v) is 6.46. The normalized spacial score (nSPS) is 24.4. The lowest BCUT2D eigenvalue weighted by atomic mass is 9.82. The zero-order chi connectivity index (χ0) is 11.3. The average molecular weight is 222 g/mol. The fraction of sp³-hybridized carbons (Fsp3) is 0.714. The van der Waals surface area contributed by atoms with E-state index < -0.39 is 0 Å². The molecule has 0 atom stereocenters. The predicted octanol–water partition coefficient (Wildman–Crippen LogP) is 3.59. The van der Waals surface area contributed by atoms with Gasteiger partial charge in [0.05, 0.1) is 13.2 Å². The van der Waals surface area contributed by atoms with Gasteiger partial charge in [0.25, 0.3) is 0 Å². The molecule has 0 amide bonds. The van der Waals surface area contributed by atoms with Gasteiger partial charge < -0.3 is 9.47 Å². The van der Waals surface area contributed by atoms with Gasteiger partial charge in [-0.2, -0.15) is 0 Å². The number of rotatable bonds is 4. The summed E-state index contributed by atoms with van der Waals surface area (Å²) in [7, 11) is 0. The van der Waals surface area contributed by atoms with Crippen molar-refractivity contribution in [2.24, 2.45) is 0 Å². The van der Waals surface area contributed by atoms with Crippen molar-refractivity contribution >= 4 is 0 Å². The minimum Gasteiger partial charge on any atom is -0.495 e. The van der Waals surface area contributed by atoms with Crippen LogP contribution in [0.4, 0.5) is 0 Å². The zero-order valence-electron chi connectivity index (χ0n) is 10.0. The van der Waals surface area contributed by atoms with Crippen molar-refractivity contribution in [3.05, 3.63) is 24.5 Å². The molecule has 1 heterocycles. The van der Waals surface area contributed by atoms with Gasteiger partial charge in [-0.1, -0.05) is 25.3 Å². The van der Waals surface area contributed by atoms with Crippen LogP contribution in [0.5, 0.6) is 0 Å². The maximum Gasteiger partial charge on any atom is 0.125 e. The summed E-state index contributed by atoms with van der Waals surface area (Å²) in [5.74, 6) is 1.10. The second-order valence-corrected chi connectivity index (χ2v) is 4.71. The van der Waals surface area contributed by atoms with Crippen LogP contribution >= 0.6 is 0 Å². The summed E-state index contributed by atoms with van der Waals surface area (Å²) in [6.07, 6.45) is 12.4. The van der Waals surface area contributed by atoms with Gasteiger partial charge in [0.2, 0.25) is 0 Å². The monoisotopic (exact) mass is 222 g/mol. The SMILES string of the molecule is C=CCOC1(C2=CCCCO2)CCCCC1. The van der Waals surface area contributed by atoms with Gasteiger partial charge >= 0.3 is 0 Å². The number of hydrogen-bond donors (Lipinski definition) is 0. The second kappa shape index (κ2) is 5.53. The van der Waals surface area contributed by atoms with Gasteiger partial charge in [0, 0.05) is 0 Å². The first-order valence-electron chi connectivity index (χ1n) is 6.46. The summed E-state index contributed by atoms with van der Waals surface area (Å²) in [6.45, 7) is 5.21. The van der Waals surface area contributed by atoms with Gasteiger partial charge in [0.1, 0.15) is 11.4 Å². The Morgan fingerprint density at radius 3 is 2.75 bits per heavy atom. The molecule has 0 saturated heterocycles. The third-order valence-electron chi connectivity index (χ3n) is 3.52. The van der Waals surface area contributed by atoms with E-state index in [1.165, 1.54) is 19.3 Å². The highest BCUT2D eigenvalue weighted by Crippen LogP contribution is 2.39. The molecule has 0 unspecified atom stereocenters. The molecule has 0 aromatic heterocycles. The van der Waals surface area contributed by atoms with E-state index in [0.29, 0.717) is 6.61 Å². The van der Waals surface area contributed by atoms with Gasteiger partial charge in [-0.3, -0.25) is 0 Å². The molecule has 2 nitrogen and oxygen atoms in total. The summed E-state index contributed by atoms with van der Waals surface area (Å²) >= 11 is 0. The van der Waals surface area contributed by atoms with Crippen LogP contribution in [0, 0.1) is 0 Å². The molecular formula is C14H22O2. The van der Waals surface area contributed by atoms with Crippen molar-refractivity contribution in [2.75, 3.05) is 13.2 Å². The lowest BCUT2D eigenvalue weighted by Crippen LogP contribution is -2.39. The first-order chi connectivity index (χ1) is 7.87. The average Bonchev–Trinajstić information content (AvgIpc) is 2.38. The number of ether oxygens (including phenoxy) is 2. The molecule has 1 saturated carbocycles. The van der Waals surface area contributed by atoms with Crippen molar-refractivity contribution in [1.82, 2.24) is 0 Å². The zero-order valence-corrected chi connectivity index (χ0v) is 10.0. The van der Waals surface area contributed by atoms with Crippen molar-refractivity contribution in [3.8, 4) is 0 Å². The lowest BCUT2D eigenvalue weighted by molar-refractivity contribution is -0.0700. The van der Waals surface area contributed by atoms with E-state index in [-0.39, 0.29) is 5.60 Å². The van der Waals surface area contributed by atoms with E-state index in [2.05, 4.69) is 12.7 Å². The largest absolute Gasteiger partial charge is 0.495 e. The van der Waals surface area contributed by atoms with Crippen LogP contribution in [-0.4, -0.2) is 18.8 Å². The minimum absolute atomic E-state index is 0.132. The Kier molecular flexibility index (Phi) is 4.05. The van der Waals surface area contributed by atoms with Crippen molar-refractivity contribution in [1.29, 1.82) is 0 Å². The van der Waals surface area contributed by atoms with Crippen LogP contribution in [0.15, 0.2) is 24.5 Å². The summed E-state index contributed by atoms with van der Waals surface area (Å²) in [5.41, 5.74) is -0.132. The molecule has 90 valence electrons. The molecule has 1 aliphatic heterocycles. The highest BCUT2D eigenvalue weighted by Gasteiger charge is 2.38. The molecule has 0 radical (unpaired) electrons. The highest BCUT2D eigenvalue weighted by atomic mass is 16.5. The Morgan fingerprint density at radius 1 is 1.31 bits per heavy atom. The minimum atomic E-state index is -0.132. The fourth-order valence-electron chi connectivity index (χ4n) is 2.68. The van der Waals surface area contributed by atoms with E-state index in [1.54, 1.807) is 0 Å². The molecule has 0 aromatic carbocycles. The Hall–Kier alpha value is -0.760. The van der Waals surface area contributed by atoms with Crippen LogP contribution in [-0.2, 0) is 9.47 Å². The maximum atomic E-state index is 6.05. The van der Waals surface area contributed by atoms with Gasteiger partial charge in [-0.25, -0.2) is 0 Å². The number of hydrogen-bond acceptors (Lipinski definition) is 2. The van der Waals surface area contributed by atoms with Crippen molar-refractivity contribution in [3.63, 3.8) is 0 Å². The molecule has 16 heavy (non-hydrogen) atoms. The molecule has 1 aliphatic carbocycles. The Morgan fingerprint density at radius 2 is 2.12 bits per heavy atom. The maximum absolute atomic E-state index is 6.05. The summed E-state index contributed by atoms with van der Waals surface area (Å²) in [5, 5.41) is 0. The molecule has 0 spiro atoms. The predicted molar refractivity (Wildman–Crippen MR) is 65.2 cm³/mol. The third-order valence-corrected chi connectivity index (χ3v) is 3.52. The van der Waals surface area contributed by atoms with Crippen molar-refractivity contribution < 1.29 is 9.47 Å². The summed E-state index contributed by atoms with van der Waals surface area (Å²) < 4.78 is 11.9. The third kappa shape index (κ3) is 2.49. The van der Waals surface area contributed by atoms with Gasteiger partial charge in [-0.15, -0.1) is 6.58 Å². The first kappa shape index (κ1) is 11.7. The van der Waals surface area contributed by atoms with E-state index in [9.17, 15) is 0 Å². The molecular weight excluding hydrogens is 200 g/mol. The van der Waals surface area contributed by atoms with Gasteiger partial charge in [0.15, 0.2) is 0 Å². The molecule has 2 rings (SSSR count). The standard InChI is InChI=1S/C14H22O2/c1-2-11-16-14(9-5-3-6-10-14)13-8-4-7-12-15-13/h2,8H,1,3-7,9-12H2. The number of allylic oxidation sites excluding steroid dienone is 1. The Bertz CT molecular complexity index is 262. The van der Waals surface area contributed by atoms with Crippen LogP contribution < -0.4 is 0 Å². The van der Waals surface area contributed by atoms with E-state index >= 15 is 0 Å². The molecule has 2 aliphatic rings. The molecule has 2 heteroatoms.